The molecule has 0 aliphatic carbocycles. The number of rotatable bonds is 10. The summed E-state index contributed by atoms with van der Waals surface area (Å²) >= 11 is 5.88. The summed E-state index contributed by atoms with van der Waals surface area (Å²) in [4.78, 5) is 11.1. The van der Waals surface area contributed by atoms with Crippen molar-refractivity contribution in [2.75, 3.05) is 11.9 Å². The summed E-state index contributed by atoms with van der Waals surface area (Å²) in [6.45, 7) is 9.25. The normalized spacial score (nSPS) is 12.0. The number of anilines is 1. The third kappa shape index (κ3) is 8.91. The summed E-state index contributed by atoms with van der Waals surface area (Å²) in [5, 5.41) is 12.6. The molecular weight excluding hydrogens is 346 g/mol. The summed E-state index contributed by atoms with van der Waals surface area (Å²) in [6, 6.07) is 4.95. The van der Waals surface area contributed by atoms with Crippen LogP contribution >= 0.6 is 11.6 Å². The molecule has 0 saturated heterocycles. The molecule has 1 rings (SSSR count). The number of nitrogens with one attached hydrogen (secondary N) is 1. The Morgan fingerprint density at radius 2 is 1.65 bits per heavy atom. The Bertz CT molecular complexity index is 698. The Labute approximate surface area is 162 Å². The van der Waals surface area contributed by atoms with Crippen LogP contribution in [0.2, 0.25) is 5.02 Å². The van der Waals surface area contributed by atoms with Crippen LogP contribution in [0.4, 0.5) is 5.69 Å². The van der Waals surface area contributed by atoms with Crippen LogP contribution in [-0.2, 0) is 0 Å². The second-order valence-corrected chi connectivity index (χ2v) is 7.25. The monoisotopic (exact) mass is 375 g/mol. The molecule has 0 amide bonds. The quantitative estimate of drug-likeness (QED) is 0.438. The van der Waals surface area contributed by atoms with Crippen LogP contribution in [0, 0.1) is 0 Å². The lowest BCUT2D eigenvalue weighted by Crippen LogP contribution is -2.03. The minimum absolute atomic E-state index is 0.117. The smallest absolute Gasteiger partial charge is 0.337 e. The second-order valence-electron chi connectivity index (χ2n) is 6.84. The van der Waals surface area contributed by atoms with Gasteiger partial charge in [-0.15, -0.1) is 0 Å². The number of benzene rings is 1. The zero-order valence-electron chi connectivity index (χ0n) is 16.2. The van der Waals surface area contributed by atoms with E-state index in [-0.39, 0.29) is 10.6 Å². The standard InChI is InChI=1S/C22H30ClNO2/c1-16(2)7-5-8-17(3)9-6-10-18(4)13-14-24-19-11-12-21(23)20(15-19)22(25)26/h7,9,11-13,15,24H,5-6,8,10,14H2,1-4H3,(H,25,26)/b17-9-,18-13-. The van der Waals surface area contributed by atoms with Gasteiger partial charge in [-0.2, -0.15) is 0 Å². The highest BCUT2D eigenvalue weighted by molar-refractivity contribution is 6.33. The molecule has 0 heterocycles. The first-order valence-electron chi connectivity index (χ1n) is 9.01. The predicted octanol–water partition coefficient (Wildman–Crippen LogP) is 6.87. The predicted molar refractivity (Wildman–Crippen MR) is 112 cm³/mol. The molecular formula is C22H30ClNO2. The van der Waals surface area contributed by atoms with Gasteiger partial charge in [0.05, 0.1) is 10.6 Å². The minimum atomic E-state index is -1.02. The average Bonchev–Trinajstić information content (AvgIpc) is 2.55. The molecule has 2 N–H and O–H groups in total. The molecule has 0 bridgehead atoms. The molecule has 0 aliphatic rings. The van der Waals surface area contributed by atoms with Gasteiger partial charge < -0.3 is 10.4 Å². The fourth-order valence-corrected chi connectivity index (χ4v) is 2.68. The van der Waals surface area contributed by atoms with Gasteiger partial charge >= 0.3 is 5.97 Å². The third-order valence-corrected chi connectivity index (χ3v) is 4.41. The molecule has 0 radical (unpaired) electrons. The van der Waals surface area contributed by atoms with E-state index in [2.05, 4.69) is 51.2 Å². The van der Waals surface area contributed by atoms with Gasteiger partial charge in [-0.1, -0.05) is 46.5 Å². The number of hydrogen-bond acceptors (Lipinski definition) is 2. The molecule has 26 heavy (non-hydrogen) atoms. The molecule has 0 aliphatic heterocycles. The van der Waals surface area contributed by atoms with E-state index in [9.17, 15) is 4.79 Å². The lowest BCUT2D eigenvalue weighted by molar-refractivity contribution is 0.0697. The van der Waals surface area contributed by atoms with Crippen molar-refractivity contribution < 1.29 is 9.90 Å². The van der Waals surface area contributed by atoms with E-state index in [4.69, 9.17) is 16.7 Å². The van der Waals surface area contributed by atoms with E-state index < -0.39 is 5.97 Å². The van der Waals surface area contributed by atoms with Gasteiger partial charge in [0.25, 0.3) is 0 Å². The fraction of sp³-hybridized carbons (Fsp3) is 0.409. The largest absolute Gasteiger partial charge is 0.478 e. The van der Waals surface area contributed by atoms with Gasteiger partial charge in [-0.25, -0.2) is 4.79 Å². The van der Waals surface area contributed by atoms with Crippen LogP contribution in [-0.4, -0.2) is 17.6 Å². The maximum Gasteiger partial charge on any atom is 0.337 e. The highest BCUT2D eigenvalue weighted by Gasteiger charge is 2.08. The minimum Gasteiger partial charge on any atom is -0.478 e. The molecule has 4 heteroatoms. The van der Waals surface area contributed by atoms with Crippen LogP contribution in [0.15, 0.2) is 53.1 Å². The Balaban J connectivity index is 2.41. The van der Waals surface area contributed by atoms with E-state index in [1.165, 1.54) is 16.7 Å². The molecule has 142 valence electrons. The van der Waals surface area contributed by atoms with Crippen molar-refractivity contribution in [3.8, 4) is 0 Å². The van der Waals surface area contributed by atoms with Crippen LogP contribution in [0.1, 0.15) is 63.7 Å². The topological polar surface area (TPSA) is 49.3 Å². The Hall–Kier alpha value is -2.00. The molecule has 0 unspecified atom stereocenters. The van der Waals surface area contributed by atoms with Gasteiger partial charge in [0.15, 0.2) is 0 Å². The van der Waals surface area contributed by atoms with E-state index in [0.29, 0.717) is 6.54 Å². The number of hydrogen-bond donors (Lipinski definition) is 2. The number of carboxylic acids is 1. The van der Waals surface area contributed by atoms with E-state index >= 15 is 0 Å². The van der Waals surface area contributed by atoms with E-state index in [1.807, 2.05) is 0 Å². The van der Waals surface area contributed by atoms with E-state index in [1.54, 1.807) is 18.2 Å². The van der Waals surface area contributed by atoms with Gasteiger partial charge in [-0.05, 0) is 71.6 Å². The molecule has 0 saturated carbocycles. The lowest BCUT2D eigenvalue weighted by atomic mass is 10.1. The van der Waals surface area contributed by atoms with Crippen molar-refractivity contribution in [1.29, 1.82) is 0 Å². The zero-order chi connectivity index (χ0) is 19.5. The van der Waals surface area contributed by atoms with Gasteiger partial charge in [0.2, 0.25) is 0 Å². The Morgan fingerprint density at radius 3 is 2.27 bits per heavy atom. The Morgan fingerprint density at radius 1 is 1.04 bits per heavy atom. The number of carbonyl (C=O) groups is 1. The Kier molecular flexibility index (Phi) is 9.82. The van der Waals surface area contributed by atoms with Crippen molar-refractivity contribution in [3.63, 3.8) is 0 Å². The average molecular weight is 376 g/mol. The SMILES string of the molecule is CC(C)=CCC/C(C)=C\CC/C(C)=C\CNc1ccc(Cl)c(C(=O)O)c1. The number of aromatic carboxylic acids is 1. The van der Waals surface area contributed by atoms with Crippen LogP contribution < -0.4 is 5.32 Å². The summed E-state index contributed by atoms with van der Waals surface area (Å²) in [7, 11) is 0. The summed E-state index contributed by atoms with van der Waals surface area (Å²) in [5.74, 6) is -1.02. The van der Waals surface area contributed by atoms with Gasteiger partial charge in [0, 0.05) is 12.2 Å². The zero-order valence-corrected chi connectivity index (χ0v) is 17.0. The van der Waals surface area contributed by atoms with E-state index in [0.717, 1.165) is 31.4 Å². The van der Waals surface area contributed by atoms with Crippen LogP contribution in [0.25, 0.3) is 0 Å². The molecule has 1 aromatic rings. The number of allylic oxidation sites excluding steroid dienone is 5. The number of carboxylic acid groups (broad SMARTS) is 1. The first-order chi connectivity index (χ1) is 12.3. The first-order valence-corrected chi connectivity index (χ1v) is 9.38. The third-order valence-electron chi connectivity index (χ3n) is 4.08. The second kappa shape index (κ2) is 11.6. The van der Waals surface area contributed by atoms with Crippen molar-refractivity contribution in [2.45, 2.75) is 53.4 Å². The summed E-state index contributed by atoms with van der Waals surface area (Å²) in [5.41, 5.74) is 5.01. The molecule has 0 spiro atoms. The summed E-state index contributed by atoms with van der Waals surface area (Å²) in [6.07, 6.45) is 11.1. The van der Waals surface area contributed by atoms with Gasteiger partial charge in [-0.3, -0.25) is 0 Å². The fourth-order valence-electron chi connectivity index (χ4n) is 2.48. The first kappa shape index (κ1) is 22.0. The molecule has 0 atom stereocenters. The lowest BCUT2D eigenvalue weighted by Gasteiger charge is -2.07. The van der Waals surface area contributed by atoms with Crippen LogP contribution in [0.5, 0.6) is 0 Å². The maximum absolute atomic E-state index is 11.1. The highest BCUT2D eigenvalue weighted by Crippen LogP contribution is 2.20. The summed E-state index contributed by atoms with van der Waals surface area (Å²) < 4.78 is 0. The maximum atomic E-state index is 11.1. The van der Waals surface area contributed by atoms with Crippen molar-refractivity contribution in [2.24, 2.45) is 0 Å². The van der Waals surface area contributed by atoms with Gasteiger partial charge in [0.1, 0.15) is 0 Å². The molecule has 3 nitrogen and oxygen atoms in total. The van der Waals surface area contributed by atoms with Crippen molar-refractivity contribution >= 4 is 23.3 Å². The number of halogens is 1. The molecule has 0 fully saturated rings. The van der Waals surface area contributed by atoms with Crippen LogP contribution in [0.3, 0.4) is 0 Å². The molecule has 1 aromatic carbocycles. The molecule has 0 aromatic heterocycles. The highest BCUT2D eigenvalue weighted by atomic mass is 35.5. The van der Waals surface area contributed by atoms with Crippen molar-refractivity contribution in [1.82, 2.24) is 0 Å². The van der Waals surface area contributed by atoms with Crippen molar-refractivity contribution in [3.05, 3.63) is 63.7 Å².